The van der Waals surface area contributed by atoms with Crippen molar-refractivity contribution >= 4 is 34.8 Å². The summed E-state index contributed by atoms with van der Waals surface area (Å²) in [5, 5.41) is 3.98. The zero-order valence-electron chi connectivity index (χ0n) is 11.1. The van der Waals surface area contributed by atoms with Gasteiger partial charge in [-0.15, -0.1) is 0 Å². The molecule has 1 rings (SSSR count). The van der Waals surface area contributed by atoms with E-state index in [1.165, 1.54) is 0 Å². The first-order valence-corrected chi connectivity index (χ1v) is 6.57. The Morgan fingerprint density at radius 2 is 2.06 bits per heavy atom. The molecule has 0 radical (unpaired) electrons. The van der Waals surface area contributed by atoms with Crippen LogP contribution in [0.1, 0.15) is 13.8 Å². The number of nitrogens with zero attached hydrogens (tertiary/aromatic N) is 2. The van der Waals surface area contributed by atoms with Gasteiger partial charge in [0.05, 0.1) is 22.8 Å². The van der Waals surface area contributed by atoms with Crippen molar-refractivity contribution in [3.8, 4) is 0 Å². The summed E-state index contributed by atoms with van der Waals surface area (Å²) < 4.78 is 5.50. The van der Waals surface area contributed by atoms with E-state index in [-0.39, 0.29) is 6.10 Å². The molecule has 1 aromatic rings. The minimum Gasteiger partial charge on any atom is -0.377 e. The van der Waals surface area contributed by atoms with Crippen LogP contribution in [0, 0.1) is 0 Å². The highest BCUT2D eigenvalue weighted by Crippen LogP contribution is 2.30. The maximum atomic E-state index is 6.14. The zero-order valence-corrected chi connectivity index (χ0v) is 12.6. The largest absolute Gasteiger partial charge is 0.377 e. The lowest BCUT2D eigenvalue weighted by atomic mass is 10.4. The summed E-state index contributed by atoms with van der Waals surface area (Å²) >= 11 is 12.1. The molecule has 0 unspecified atom stereocenters. The van der Waals surface area contributed by atoms with Gasteiger partial charge in [0.15, 0.2) is 0 Å². The number of likely N-dealkylation sites (N-methyl/N-ethyl adjacent to an activating group) is 1. The van der Waals surface area contributed by atoms with Gasteiger partial charge in [0.1, 0.15) is 11.6 Å². The standard InChI is InChI=1S/C12H19Cl2N3O/c1-8(2)18-6-5-17(4)12-10(14)7-9(13)11(15-3)16-12/h7-8H,5-6H2,1-4H3,(H,15,16). The van der Waals surface area contributed by atoms with Crippen molar-refractivity contribution in [1.29, 1.82) is 0 Å². The highest BCUT2D eigenvalue weighted by molar-refractivity contribution is 6.37. The van der Waals surface area contributed by atoms with Crippen molar-refractivity contribution in [3.63, 3.8) is 0 Å². The smallest absolute Gasteiger partial charge is 0.149 e. The van der Waals surface area contributed by atoms with Crippen LogP contribution < -0.4 is 10.2 Å². The Balaban J connectivity index is 2.75. The maximum absolute atomic E-state index is 6.14. The van der Waals surface area contributed by atoms with Gasteiger partial charge in [0.25, 0.3) is 0 Å². The van der Waals surface area contributed by atoms with Gasteiger partial charge < -0.3 is 15.0 Å². The van der Waals surface area contributed by atoms with E-state index in [4.69, 9.17) is 27.9 Å². The summed E-state index contributed by atoms with van der Waals surface area (Å²) in [6.45, 7) is 5.36. The number of hydrogen-bond acceptors (Lipinski definition) is 4. The second-order valence-corrected chi connectivity index (χ2v) is 5.03. The topological polar surface area (TPSA) is 37.4 Å². The molecule has 0 bridgehead atoms. The first kappa shape index (κ1) is 15.3. The number of pyridine rings is 1. The van der Waals surface area contributed by atoms with Gasteiger partial charge in [-0.25, -0.2) is 4.98 Å². The fourth-order valence-corrected chi connectivity index (χ4v) is 2.03. The second-order valence-electron chi connectivity index (χ2n) is 4.22. The van der Waals surface area contributed by atoms with Gasteiger partial charge in [-0.1, -0.05) is 23.2 Å². The number of halogens is 2. The normalized spacial score (nSPS) is 10.8. The molecule has 4 nitrogen and oxygen atoms in total. The molecule has 0 spiro atoms. The predicted molar refractivity (Wildman–Crippen MR) is 78.2 cm³/mol. The Morgan fingerprint density at radius 3 is 2.61 bits per heavy atom. The molecular formula is C12H19Cl2N3O. The summed E-state index contributed by atoms with van der Waals surface area (Å²) in [4.78, 5) is 6.33. The Hall–Kier alpha value is -0.710. The molecule has 0 saturated heterocycles. The summed E-state index contributed by atoms with van der Waals surface area (Å²) in [5.74, 6) is 1.31. The van der Waals surface area contributed by atoms with Gasteiger partial charge in [-0.05, 0) is 19.9 Å². The summed E-state index contributed by atoms with van der Waals surface area (Å²) in [6, 6.07) is 1.69. The molecule has 1 heterocycles. The van der Waals surface area contributed by atoms with Crippen LogP contribution in [0.4, 0.5) is 11.6 Å². The molecule has 0 saturated carbocycles. The van der Waals surface area contributed by atoms with Crippen molar-refractivity contribution in [2.24, 2.45) is 0 Å². The minimum absolute atomic E-state index is 0.222. The predicted octanol–water partition coefficient (Wildman–Crippen LogP) is 3.29. The Morgan fingerprint density at radius 1 is 1.39 bits per heavy atom. The van der Waals surface area contributed by atoms with Crippen LogP contribution in [0.2, 0.25) is 10.0 Å². The number of anilines is 2. The first-order chi connectivity index (χ1) is 8.45. The van der Waals surface area contributed by atoms with Crippen molar-refractivity contribution < 1.29 is 4.74 Å². The Bertz CT molecular complexity index is 399. The molecule has 0 aromatic carbocycles. The monoisotopic (exact) mass is 291 g/mol. The van der Waals surface area contributed by atoms with E-state index < -0.39 is 0 Å². The van der Waals surface area contributed by atoms with Crippen molar-refractivity contribution in [2.45, 2.75) is 20.0 Å². The molecule has 18 heavy (non-hydrogen) atoms. The SMILES string of the molecule is CNc1nc(N(C)CCOC(C)C)c(Cl)cc1Cl. The molecule has 0 aliphatic heterocycles. The number of ether oxygens (including phenoxy) is 1. The van der Waals surface area contributed by atoms with E-state index >= 15 is 0 Å². The molecule has 0 fully saturated rings. The second kappa shape index (κ2) is 7.02. The zero-order chi connectivity index (χ0) is 13.7. The van der Waals surface area contributed by atoms with Crippen LogP contribution in [-0.4, -0.2) is 38.3 Å². The Labute approximate surface area is 118 Å². The average molecular weight is 292 g/mol. The van der Waals surface area contributed by atoms with Gasteiger partial charge in [-0.3, -0.25) is 0 Å². The van der Waals surface area contributed by atoms with Gasteiger partial charge in [-0.2, -0.15) is 0 Å². The van der Waals surface area contributed by atoms with Crippen molar-refractivity contribution in [2.75, 3.05) is 37.5 Å². The van der Waals surface area contributed by atoms with Crippen LogP contribution in [0.25, 0.3) is 0 Å². The number of hydrogen-bond donors (Lipinski definition) is 1. The van der Waals surface area contributed by atoms with Crippen molar-refractivity contribution in [3.05, 3.63) is 16.1 Å². The molecule has 6 heteroatoms. The maximum Gasteiger partial charge on any atom is 0.149 e. The van der Waals surface area contributed by atoms with E-state index in [1.807, 2.05) is 25.8 Å². The van der Waals surface area contributed by atoms with E-state index in [2.05, 4.69) is 10.3 Å². The Kier molecular flexibility index (Phi) is 5.99. The van der Waals surface area contributed by atoms with Crippen LogP contribution >= 0.6 is 23.2 Å². The van der Waals surface area contributed by atoms with E-state index in [1.54, 1.807) is 13.1 Å². The third-order valence-electron chi connectivity index (χ3n) is 2.39. The fraction of sp³-hybridized carbons (Fsp3) is 0.583. The van der Waals surface area contributed by atoms with Crippen molar-refractivity contribution in [1.82, 2.24) is 4.98 Å². The van der Waals surface area contributed by atoms with E-state index in [0.717, 1.165) is 6.54 Å². The molecule has 1 N–H and O–H groups in total. The molecule has 1 aromatic heterocycles. The quantitative estimate of drug-likeness (QED) is 0.873. The highest BCUT2D eigenvalue weighted by atomic mass is 35.5. The van der Waals surface area contributed by atoms with Crippen LogP contribution in [-0.2, 0) is 4.74 Å². The average Bonchev–Trinajstić information content (AvgIpc) is 2.28. The van der Waals surface area contributed by atoms with E-state index in [0.29, 0.717) is 28.3 Å². The summed E-state index contributed by atoms with van der Waals surface area (Å²) in [7, 11) is 3.69. The van der Waals surface area contributed by atoms with Gasteiger partial charge in [0, 0.05) is 20.6 Å². The number of nitrogens with one attached hydrogen (secondary N) is 1. The molecular weight excluding hydrogens is 273 g/mol. The molecule has 0 aliphatic rings. The lowest BCUT2D eigenvalue weighted by Crippen LogP contribution is -2.25. The first-order valence-electron chi connectivity index (χ1n) is 5.82. The summed E-state index contributed by atoms with van der Waals surface area (Å²) in [5.41, 5.74) is 0. The number of rotatable bonds is 6. The van der Waals surface area contributed by atoms with Crippen LogP contribution in [0.5, 0.6) is 0 Å². The van der Waals surface area contributed by atoms with Crippen LogP contribution in [0.3, 0.4) is 0 Å². The van der Waals surface area contributed by atoms with Gasteiger partial charge in [0.2, 0.25) is 0 Å². The lowest BCUT2D eigenvalue weighted by Gasteiger charge is -2.21. The summed E-state index contributed by atoms with van der Waals surface area (Å²) in [6.07, 6.45) is 0.222. The lowest BCUT2D eigenvalue weighted by molar-refractivity contribution is 0.0845. The third-order valence-corrected chi connectivity index (χ3v) is 2.95. The van der Waals surface area contributed by atoms with Crippen LogP contribution in [0.15, 0.2) is 6.07 Å². The van der Waals surface area contributed by atoms with E-state index in [9.17, 15) is 0 Å². The molecule has 0 amide bonds. The third kappa shape index (κ3) is 4.19. The van der Waals surface area contributed by atoms with Gasteiger partial charge >= 0.3 is 0 Å². The molecule has 102 valence electrons. The molecule has 0 atom stereocenters. The molecule has 0 aliphatic carbocycles. The minimum atomic E-state index is 0.222. The highest BCUT2D eigenvalue weighted by Gasteiger charge is 2.12. The number of aromatic nitrogens is 1. The fourth-order valence-electron chi connectivity index (χ4n) is 1.43.